The van der Waals surface area contributed by atoms with Crippen molar-refractivity contribution < 1.29 is 0 Å². The zero-order chi connectivity index (χ0) is 47.2. The summed E-state index contributed by atoms with van der Waals surface area (Å²) in [7, 11) is 2.16. The zero-order valence-electron chi connectivity index (χ0n) is 41.4. The van der Waals surface area contributed by atoms with E-state index in [9.17, 15) is 5.41 Å². The number of benzene rings is 3. The highest BCUT2D eigenvalue weighted by molar-refractivity contribution is 6.02. The maximum atomic E-state index is 9.81. The lowest BCUT2D eigenvalue weighted by atomic mass is 9.83. The molecule has 0 saturated heterocycles. The fraction of sp³-hybridized carbons (Fsp3) is 0.431. The van der Waals surface area contributed by atoms with Gasteiger partial charge in [-0.2, -0.15) is 0 Å². The van der Waals surface area contributed by atoms with Gasteiger partial charge in [-0.15, -0.1) is 19.7 Å². The van der Waals surface area contributed by atoms with E-state index in [-0.39, 0.29) is 12.0 Å². The molecule has 0 aliphatic heterocycles. The van der Waals surface area contributed by atoms with E-state index >= 15 is 0 Å². The molecule has 0 heterocycles. The Balaban J connectivity index is 0.00000481. The number of nitrogens with zero attached hydrogens (tertiary/aromatic N) is 1. The van der Waals surface area contributed by atoms with Gasteiger partial charge >= 0.3 is 0 Å². The normalized spacial score (nSPS) is 12.5. The topological polar surface area (TPSA) is 63.2 Å². The number of hydrogen-bond donors (Lipinski definition) is 4. The van der Waals surface area contributed by atoms with Crippen molar-refractivity contribution in [3.8, 4) is 0 Å². The Bertz CT molecular complexity index is 1880. The van der Waals surface area contributed by atoms with Crippen LogP contribution in [0.2, 0.25) is 0 Å². The number of allylic oxidation sites excluding steroid dienone is 6. The monoisotopic (exact) mass is 854 g/mol. The molecule has 5 heteroatoms. The summed E-state index contributed by atoms with van der Waals surface area (Å²) in [6.07, 6.45) is 14.9. The molecule has 0 fully saturated rings. The van der Waals surface area contributed by atoms with Crippen molar-refractivity contribution in [2.24, 2.45) is 11.8 Å². The third-order valence-corrected chi connectivity index (χ3v) is 11.0. The van der Waals surface area contributed by atoms with E-state index in [2.05, 4.69) is 206 Å². The van der Waals surface area contributed by atoms with Crippen molar-refractivity contribution >= 4 is 17.0 Å². The summed E-state index contributed by atoms with van der Waals surface area (Å²) >= 11 is 0. The van der Waals surface area contributed by atoms with E-state index in [1.807, 2.05) is 13.8 Å². The van der Waals surface area contributed by atoms with Crippen LogP contribution in [0.15, 0.2) is 158 Å². The predicted octanol–water partition coefficient (Wildman–Crippen LogP) is 14.5. The summed E-state index contributed by atoms with van der Waals surface area (Å²) in [5.41, 5.74) is 13.1. The van der Waals surface area contributed by atoms with Crippen LogP contribution in [0.5, 0.6) is 0 Å². The number of aryl methyl sites for hydroxylation is 2. The molecule has 3 rings (SSSR count). The van der Waals surface area contributed by atoms with Crippen molar-refractivity contribution in [1.29, 1.82) is 5.41 Å². The van der Waals surface area contributed by atoms with Crippen LogP contribution in [0, 0.1) is 17.2 Å². The quantitative estimate of drug-likeness (QED) is 0.0254. The molecule has 5 nitrogen and oxygen atoms in total. The van der Waals surface area contributed by atoms with Crippen LogP contribution in [-0.2, 0) is 12.8 Å². The second-order valence-electron chi connectivity index (χ2n) is 16.8. The zero-order valence-corrected chi connectivity index (χ0v) is 41.4. The van der Waals surface area contributed by atoms with Crippen LogP contribution >= 0.6 is 0 Å². The standard InChI is InChI=1S/C54H77N5.C2H6.C2H4/c1-12-45-22-19-23-48(38-45)43(9)37-52(42(7)8)51(32-34-58-49(36-41(5)6)29-26-46-20-15-14-16-21-46)53(39-56-13-2)54(55)47-27-30-50(31-28-47)59(11)35-18-17-33-57-44(10)25-24-40(3)4;2*1-2/h14-16,19-23,27-28,30-32,34,37-38,40,49,53,55-58H,5,7,10,12-13,17-18,24-26,29,33,35-36,39H2,1-4,6,8-9,11H3;1-2H3;1-2H2/b34-32-,43-37+,52-51+,55-54?;;. The fourth-order valence-electron chi connectivity index (χ4n) is 7.28. The van der Waals surface area contributed by atoms with Gasteiger partial charge in [0.2, 0.25) is 0 Å². The molecule has 0 spiro atoms. The van der Waals surface area contributed by atoms with Gasteiger partial charge in [0.25, 0.3) is 0 Å². The van der Waals surface area contributed by atoms with E-state index in [0.717, 1.165) is 104 Å². The van der Waals surface area contributed by atoms with Crippen molar-refractivity contribution in [1.82, 2.24) is 16.0 Å². The molecular weight excluding hydrogens is 767 g/mol. The Kier molecular flexibility index (Phi) is 28.9. The minimum Gasteiger partial charge on any atom is -0.389 e. The van der Waals surface area contributed by atoms with Crippen LogP contribution < -0.4 is 20.9 Å². The first-order valence-electron chi connectivity index (χ1n) is 23.6. The largest absolute Gasteiger partial charge is 0.389 e. The van der Waals surface area contributed by atoms with E-state index in [0.29, 0.717) is 18.2 Å². The van der Waals surface area contributed by atoms with Crippen molar-refractivity contribution in [3.05, 3.63) is 180 Å². The highest BCUT2D eigenvalue weighted by Crippen LogP contribution is 2.30. The van der Waals surface area contributed by atoms with Crippen molar-refractivity contribution in [2.75, 3.05) is 38.1 Å². The van der Waals surface area contributed by atoms with Gasteiger partial charge in [-0.1, -0.05) is 139 Å². The smallest absolute Gasteiger partial charge is 0.0473 e. The Hall–Kier alpha value is -5.13. The van der Waals surface area contributed by atoms with Crippen LogP contribution in [0.4, 0.5) is 5.69 Å². The first-order chi connectivity index (χ1) is 30.3. The van der Waals surface area contributed by atoms with Crippen molar-refractivity contribution in [3.63, 3.8) is 0 Å². The Labute approximate surface area is 386 Å². The minimum atomic E-state index is -0.221. The highest BCUT2D eigenvalue weighted by Gasteiger charge is 2.23. The van der Waals surface area contributed by atoms with E-state index in [1.165, 1.54) is 28.7 Å². The van der Waals surface area contributed by atoms with Gasteiger partial charge in [0.05, 0.1) is 0 Å². The average Bonchev–Trinajstić information content (AvgIpc) is 3.29. The maximum absolute atomic E-state index is 9.81. The number of nitrogens with one attached hydrogen (secondary N) is 4. The number of anilines is 1. The highest BCUT2D eigenvalue weighted by atomic mass is 15.1. The molecule has 0 bridgehead atoms. The molecule has 344 valence electrons. The second kappa shape index (κ2) is 32.5. The molecule has 0 aliphatic rings. The Morgan fingerprint density at radius 2 is 1.49 bits per heavy atom. The molecule has 63 heavy (non-hydrogen) atoms. The van der Waals surface area contributed by atoms with Crippen LogP contribution in [-0.4, -0.2) is 45.0 Å². The van der Waals surface area contributed by atoms with Crippen LogP contribution in [0.3, 0.4) is 0 Å². The molecule has 0 amide bonds. The summed E-state index contributed by atoms with van der Waals surface area (Å²) < 4.78 is 0. The lowest BCUT2D eigenvalue weighted by Crippen LogP contribution is -2.31. The summed E-state index contributed by atoms with van der Waals surface area (Å²) in [4.78, 5) is 2.32. The maximum Gasteiger partial charge on any atom is 0.0473 e. The second-order valence-corrected chi connectivity index (χ2v) is 16.8. The summed E-state index contributed by atoms with van der Waals surface area (Å²) in [6, 6.07) is 28.3. The van der Waals surface area contributed by atoms with Gasteiger partial charge in [0.15, 0.2) is 0 Å². The summed E-state index contributed by atoms with van der Waals surface area (Å²) in [6.45, 7) is 41.6. The number of unbranched alkanes of at least 4 members (excludes halogenated alkanes) is 1. The average molecular weight is 854 g/mol. The SMILES string of the molecule is C=C.C=C(C)CC(CCc1ccccc1)N\C=C/C(=C(/C=C(\C)c1cccc(CC)c1)C(=C)C)C(CNCC)C(=N)c1ccc(N(C)CCCCNC(=C)CCC(C)C)cc1.CC. The molecule has 2 unspecified atom stereocenters. The third-order valence-electron chi connectivity index (χ3n) is 11.0. The minimum absolute atomic E-state index is 0.221. The molecule has 4 N–H and O–H groups in total. The van der Waals surface area contributed by atoms with Gasteiger partial charge in [-0.3, -0.25) is 0 Å². The molecule has 3 aromatic rings. The number of rotatable bonds is 28. The molecule has 2 atom stereocenters. The molecule has 3 aromatic carbocycles. The molecule has 0 saturated carbocycles. The first-order valence-corrected chi connectivity index (χ1v) is 23.6. The lowest BCUT2D eigenvalue weighted by Gasteiger charge is -2.25. The molecule has 0 aromatic heterocycles. The number of hydrogen-bond acceptors (Lipinski definition) is 5. The van der Waals surface area contributed by atoms with Crippen molar-refractivity contribution in [2.45, 2.75) is 120 Å². The first kappa shape index (κ1) is 55.9. The Morgan fingerprint density at radius 1 is 0.825 bits per heavy atom. The van der Waals surface area contributed by atoms with E-state index in [4.69, 9.17) is 0 Å². The van der Waals surface area contributed by atoms with Gasteiger partial charge in [0.1, 0.15) is 0 Å². The molecular formula is C58H87N5. The lowest BCUT2D eigenvalue weighted by molar-refractivity contribution is 0.537. The molecule has 0 aliphatic carbocycles. The van der Waals surface area contributed by atoms with Crippen LogP contribution in [0.1, 0.15) is 123 Å². The van der Waals surface area contributed by atoms with E-state index in [1.54, 1.807) is 0 Å². The third kappa shape index (κ3) is 21.7. The Morgan fingerprint density at radius 3 is 2.10 bits per heavy atom. The molecule has 0 radical (unpaired) electrons. The van der Waals surface area contributed by atoms with Gasteiger partial charge in [0, 0.05) is 55.7 Å². The van der Waals surface area contributed by atoms with E-state index < -0.39 is 0 Å². The van der Waals surface area contributed by atoms with Gasteiger partial charge in [-0.25, -0.2) is 0 Å². The van der Waals surface area contributed by atoms with Crippen LogP contribution in [0.25, 0.3) is 5.57 Å². The fourth-order valence-corrected chi connectivity index (χ4v) is 7.28. The van der Waals surface area contributed by atoms with Gasteiger partial charge in [-0.05, 0) is 148 Å². The summed E-state index contributed by atoms with van der Waals surface area (Å²) in [5, 5.41) is 20.7. The van der Waals surface area contributed by atoms with Gasteiger partial charge < -0.3 is 26.3 Å². The summed E-state index contributed by atoms with van der Waals surface area (Å²) in [5.74, 6) is 0.477. The predicted molar refractivity (Wildman–Crippen MR) is 283 cm³/mol.